The molecule has 0 spiro atoms. The fraction of sp³-hybridized carbons (Fsp3) is 0.909. The Morgan fingerprint density at radius 3 is 2.22 bits per heavy atom. The Morgan fingerprint density at radius 2 is 1.89 bits per heavy atom. The van der Waals surface area contributed by atoms with E-state index in [2.05, 4.69) is 5.32 Å². The number of hydrogen-bond donors (Lipinski definition) is 2. The summed E-state index contributed by atoms with van der Waals surface area (Å²) in [5.74, 6) is 0.156. The lowest BCUT2D eigenvalue weighted by Crippen LogP contribution is -2.45. The van der Waals surface area contributed by atoms with Crippen LogP contribution in [-0.4, -0.2) is 38.0 Å². The van der Waals surface area contributed by atoms with Gasteiger partial charge in [0.05, 0.1) is 12.9 Å². The Morgan fingerprint density at radius 1 is 1.39 bits per heavy atom. The average Bonchev–Trinajstić information content (AvgIpc) is 2.07. The average molecular weight is 281 g/mol. The highest BCUT2D eigenvalue weighted by molar-refractivity contribution is 7.85. The standard InChI is InChI=1S/C11H23NO5S/c1-8(2)9(7-17-18(5,15)16)6-11(3,4)12-10(13)14/h8-9,12H,6-7H2,1-5H3,(H,13,14). The molecule has 0 saturated heterocycles. The number of nitrogens with one attached hydrogen (secondary N) is 1. The summed E-state index contributed by atoms with van der Waals surface area (Å²) in [5.41, 5.74) is -0.623. The van der Waals surface area contributed by atoms with E-state index >= 15 is 0 Å². The molecular weight excluding hydrogens is 258 g/mol. The van der Waals surface area contributed by atoms with E-state index < -0.39 is 21.8 Å². The molecule has 6 nitrogen and oxygen atoms in total. The first-order chi connectivity index (χ1) is 7.93. The molecule has 0 bridgehead atoms. The molecule has 2 N–H and O–H groups in total. The van der Waals surface area contributed by atoms with Gasteiger partial charge in [-0.25, -0.2) is 4.79 Å². The summed E-state index contributed by atoms with van der Waals surface area (Å²) < 4.78 is 26.7. The quantitative estimate of drug-likeness (QED) is 0.692. The number of amides is 1. The van der Waals surface area contributed by atoms with Gasteiger partial charge in [-0.1, -0.05) is 13.8 Å². The van der Waals surface area contributed by atoms with Crippen LogP contribution in [0.5, 0.6) is 0 Å². The van der Waals surface area contributed by atoms with Gasteiger partial charge >= 0.3 is 6.09 Å². The second-order valence-electron chi connectivity index (χ2n) is 5.51. The van der Waals surface area contributed by atoms with E-state index in [4.69, 9.17) is 9.29 Å². The second kappa shape index (κ2) is 6.38. The van der Waals surface area contributed by atoms with E-state index in [0.717, 1.165) is 6.26 Å². The first-order valence-corrected chi connectivity index (χ1v) is 7.60. The van der Waals surface area contributed by atoms with Gasteiger partial charge in [-0.15, -0.1) is 0 Å². The van der Waals surface area contributed by atoms with Crippen LogP contribution in [0.2, 0.25) is 0 Å². The van der Waals surface area contributed by atoms with Crippen LogP contribution in [0.15, 0.2) is 0 Å². The molecule has 0 aromatic heterocycles. The van der Waals surface area contributed by atoms with E-state index in [1.807, 2.05) is 13.8 Å². The van der Waals surface area contributed by atoms with Crippen LogP contribution in [0.4, 0.5) is 4.79 Å². The molecule has 0 rings (SSSR count). The monoisotopic (exact) mass is 281 g/mol. The van der Waals surface area contributed by atoms with Crippen LogP contribution in [0, 0.1) is 11.8 Å². The molecular formula is C11H23NO5S. The van der Waals surface area contributed by atoms with Crippen molar-refractivity contribution in [2.45, 2.75) is 39.7 Å². The molecule has 1 atom stereocenters. The topological polar surface area (TPSA) is 92.7 Å². The smallest absolute Gasteiger partial charge is 0.405 e. The molecule has 1 unspecified atom stereocenters. The van der Waals surface area contributed by atoms with Crippen molar-refractivity contribution >= 4 is 16.2 Å². The maximum Gasteiger partial charge on any atom is 0.405 e. The molecule has 0 radical (unpaired) electrons. The zero-order valence-electron chi connectivity index (χ0n) is 11.6. The van der Waals surface area contributed by atoms with E-state index in [9.17, 15) is 13.2 Å². The Labute approximate surface area is 109 Å². The normalized spacial score (nSPS) is 14.6. The van der Waals surface area contributed by atoms with Crippen molar-refractivity contribution in [3.05, 3.63) is 0 Å². The molecule has 18 heavy (non-hydrogen) atoms. The molecule has 1 amide bonds. The van der Waals surface area contributed by atoms with Crippen molar-refractivity contribution < 1.29 is 22.5 Å². The minimum Gasteiger partial charge on any atom is -0.465 e. The van der Waals surface area contributed by atoms with Gasteiger partial charge < -0.3 is 10.4 Å². The molecule has 0 aliphatic carbocycles. The summed E-state index contributed by atoms with van der Waals surface area (Å²) in [6, 6.07) is 0. The summed E-state index contributed by atoms with van der Waals surface area (Å²) in [6.45, 7) is 7.50. The van der Waals surface area contributed by atoms with Gasteiger partial charge in [0.25, 0.3) is 10.1 Å². The van der Waals surface area contributed by atoms with Crippen molar-refractivity contribution in [1.29, 1.82) is 0 Å². The van der Waals surface area contributed by atoms with Crippen molar-refractivity contribution in [2.24, 2.45) is 11.8 Å². The number of carboxylic acid groups (broad SMARTS) is 1. The third-order valence-electron chi connectivity index (χ3n) is 2.66. The predicted molar refractivity (Wildman–Crippen MR) is 69.0 cm³/mol. The lowest BCUT2D eigenvalue weighted by Gasteiger charge is -2.31. The van der Waals surface area contributed by atoms with Gasteiger partial charge in [-0.2, -0.15) is 8.42 Å². The van der Waals surface area contributed by atoms with E-state index in [0.29, 0.717) is 6.42 Å². The Kier molecular flexibility index (Phi) is 6.09. The van der Waals surface area contributed by atoms with Crippen LogP contribution >= 0.6 is 0 Å². The molecule has 0 aromatic rings. The molecule has 108 valence electrons. The predicted octanol–water partition coefficient (Wildman–Crippen LogP) is 1.67. The molecule has 0 heterocycles. The summed E-state index contributed by atoms with van der Waals surface area (Å²) in [6.07, 6.45) is 0.420. The lowest BCUT2D eigenvalue weighted by atomic mass is 9.84. The number of rotatable bonds is 7. The van der Waals surface area contributed by atoms with E-state index in [1.165, 1.54) is 0 Å². The minimum atomic E-state index is -3.47. The fourth-order valence-corrected chi connectivity index (χ4v) is 2.12. The van der Waals surface area contributed by atoms with Crippen molar-refractivity contribution in [3.8, 4) is 0 Å². The number of hydrogen-bond acceptors (Lipinski definition) is 4. The van der Waals surface area contributed by atoms with Crippen LogP contribution in [0.25, 0.3) is 0 Å². The second-order valence-corrected chi connectivity index (χ2v) is 7.15. The SMILES string of the molecule is CC(C)C(COS(C)(=O)=O)CC(C)(C)NC(=O)O. The highest BCUT2D eigenvalue weighted by Crippen LogP contribution is 2.24. The summed E-state index contributed by atoms with van der Waals surface area (Å²) >= 11 is 0. The third-order valence-corrected chi connectivity index (χ3v) is 3.22. The Bertz CT molecular complexity index is 375. The van der Waals surface area contributed by atoms with Gasteiger partial charge in [0.2, 0.25) is 0 Å². The zero-order valence-corrected chi connectivity index (χ0v) is 12.4. The first-order valence-electron chi connectivity index (χ1n) is 5.78. The number of carbonyl (C=O) groups is 1. The van der Waals surface area contributed by atoms with Crippen molar-refractivity contribution in [3.63, 3.8) is 0 Å². The maximum atomic E-state index is 11.0. The fourth-order valence-electron chi connectivity index (χ4n) is 1.69. The molecule has 0 fully saturated rings. The zero-order chi connectivity index (χ0) is 14.6. The molecule has 0 aliphatic heterocycles. The van der Waals surface area contributed by atoms with Gasteiger partial charge in [-0.05, 0) is 32.1 Å². The summed E-state index contributed by atoms with van der Waals surface area (Å²) in [7, 11) is -3.47. The third kappa shape index (κ3) is 8.30. The highest BCUT2D eigenvalue weighted by atomic mass is 32.2. The van der Waals surface area contributed by atoms with Gasteiger partial charge in [0.1, 0.15) is 0 Å². The summed E-state index contributed by atoms with van der Waals surface area (Å²) in [4.78, 5) is 10.6. The maximum absolute atomic E-state index is 11.0. The van der Waals surface area contributed by atoms with Crippen LogP contribution in [-0.2, 0) is 14.3 Å². The van der Waals surface area contributed by atoms with Crippen LogP contribution < -0.4 is 5.32 Å². The van der Waals surface area contributed by atoms with Gasteiger partial charge in [0.15, 0.2) is 0 Å². The first kappa shape index (κ1) is 17.2. The molecule has 0 aliphatic rings. The van der Waals surface area contributed by atoms with Crippen molar-refractivity contribution in [1.82, 2.24) is 5.32 Å². The molecule has 0 saturated carbocycles. The Hall–Kier alpha value is -0.820. The van der Waals surface area contributed by atoms with E-state index in [-0.39, 0.29) is 18.4 Å². The summed E-state index contributed by atoms with van der Waals surface area (Å²) in [5, 5.41) is 11.1. The Balaban J connectivity index is 4.58. The molecule has 0 aromatic carbocycles. The molecule has 7 heteroatoms. The lowest BCUT2D eigenvalue weighted by molar-refractivity contribution is 0.152. The van der Waals surface area contributed by atoms with Crippen molar-refractivity contribution in [2.75, 3.05) is 12.9 Å². The largest absolute Gasteiger partial charge is 0.465 e. The van der Waals surface area contributed by atoms with Gasteiger partial charge in [0, 0.05) is 5.54 Å². The van der Waals surface area contributed by atoms with Crippen LogP contribution in [0.3, 0.4) is 0 Å². The van der Waals surface area contributed by atoms with E-state index in [1.54, 1.807) is 13.8 Å². The van der Waals surface area contributed by atoms with Gasteiger partial charge in [-0.3, -0.25) is 4.18 Å². The van der Waals surface area contributed by atoms with Crippen LogP contribution in [0.1, 0.15) is 34.1 Å². The highest BCUT2D eigenvalue weighted by Gasteiger charge is 2.27. The minimum absolute atomic E-state index is 0.0402.